The number of aryl methyl sites for hydroxylation is 1. The molecule has 0 bridgehead atoms. The third kappa shape index (κ3) is 2.86. The number of amides is 2. The summed E-state index contributed by atoms with van der Waals surface area (Å²) in [6.07, 6.45) is 0. The molecule has 2 amide bonds. The van der Waals surface area contributed by atoms with E-state index in [1.54, 1.807) is 37.4 Å². The summed E-state index contributed by atoms with van der Waals surface area (Å²) in [7, 11) is 1.55. The van der Waals surface area contributed by atoms with Crippen molar-refractivity contribution in [2.75, 3.05) is 17.3 Å². The summed E-state index contributed by atoms with van der Waals surface area (Å²) in [5.74, 6) is -0.409. The molecule has 1 N–H and O–H groups in total. The van der Waals surface area contributed by atoms with Crippen LogP contribution < -0.4 is 15.0 Å². The lowest BCUT2D eigenvalue weighted by Gasteiger charge is -2.15. The van der Waals surface area contributed by atoms with Gasteiger partial charge in [-0.2, -0.15) is 0 Å². The summed E-state index contributed by atoms with van der Waals surface area (Å²) < 4.78 is 5.08. The Morgan fingerprint density at radius 3 is 2.38 bits per heavy atom. The summed E-state index contributed by atoms with van der Waals surface area (Å²) >= 11 is 6.10. The minimum atomic E-state index is -0.554. The summed E-state index contributed by atoms with van der Waals surface area (Å²) in [4.78, 5) is 26.1. The van der Waals surface area contributed by atoms with Crippen LogP contribution in [0.4, 0.5) is 11.4 Å². The fourth-order valence-corrected chi connectivity index (χ4v) is 2.66. The second-order valence-corrected chi connectivity index (χ2v) is 5.71. The first kappa shape index (κ1) is 16.1. The van der Waals surface area contributed by atoms with Gasteiger partial charge in [0.25, 0.3) is 11.8 Å². The lowest BCUT2D eigenvalue weighted by Crippen LogP contribution is -2.32. The average Bonchev–Trinajstić information content (AvgIpc) is 2.79. The number of anilines is 2. The Morgan fingerprint density at radius 1 is 1.04 bits per heavy atom. The number of nitrogens with zero attached hydrogens (tertiary/aromatic N) is 1. The summed E-state index contributed by atoms with van der Waals surface area (Å²) in [6, 6.07) is 14.1. The number of hydrogen-bond acceptors (Lipinski definition) is 4. The molecular weight excluding hydrogens is 328 g/mol. The molecule has 0 aromatic heterocycles. The highest BCUT2D eigenvalue weighted by molar-refractivity contribution is 6.53. The topological polar surface area (TPSA) is 58.6 Å². The first-order chi connectivity index (χ1) is 11.5. The van der Waals surface area contributed by atoms with Gasteiger partial charge in [-0.05, 0) is 48.9 Å². The number of hydrogen-bond donors (Lipinski definition) is 1. The van der Waals surface area contributed by atoms with Gasteiger partial charge in [0.15, 0.2) is 0 Å². The van der Waals surface area contributed by atoms with Gasteiger partial charge in [0.05, 0.1) is 12.8 Å². The molecule has 0 unspecified atom stereocenters. The van der Waals surface area contributed by atoms with E-state index >= 15 is 0 Å². The highest BCUT2D eigenvalue weighted by atomic mass is 35.5. The number of benzene rings is 2. The largest absolute Gasteiger partial charge is 0.497 e. The Kier molecular flexibility index (Phi) is 4.27. The molecule has 0 radical (unpaired) electrons. The van der Waals surface area contributed by atoms with Crippen molar-refractivity contribution in [3.05, 3.63) is 64.8 Å². The fraction of sp³-hybridized carbons (Fsp3) is 0.111. The van der Waals surface area contributed by atoms with Crippen LogP contribution in [0.15, 0.2) is 59.3 Å². The van der Waals surface area contributed by atoms with E-state index in [0.29, 0.717) is 17.1 Å². The van der Waals surface area contributed by atoms with Crippen molar-refractivity contribution < 1.29 is 14.3 Å². The molecule has 1 aliphatic heterocycles. The third-order valence-corrected chi connectivity index (χ3v) is 4.00. The average molecular weight is 343 g/mol. The van der Waals surface area contributed by atoms with Crippen LogP contribution in [0.3, 0.4) is 0 Å². The van der Waals surface area contributed by atoms with Crippen LogP contribution in [0.5, 0.6) is 5.75 Å². The zero-order valence-corrected chi connectivity index (χ0v) is 13.9. The normalized spacial score (nSPS) is 14.4. The summed E-state index contributed by atoms with van der Waals surface area (Å²) in [5.41, 5.74) is 2.23. The van der Waals surface area contributed by atoms with E-state index in [-0.39, 0.29) is 10.7 Å². The number of rotatable bonds is 4. The number of carbonyl (C=O) groups is 2. The standard InChI is InChI=1S/C18H15ClN2O3/c1-11-4-3-5-12(10-11)20-16-15(19)17(22)21(18(16)23)13-6-8-14(24-2)9-7-13/h3-10,20H,1-2H3. The van der Waals surface area contributed by atoms with Crippen molar-refractivity contribution in [3.8, 4) is 5.75 Å². The number of carbonyl (C=O) groups excluding carboxylic acids is 2. The zero-order valence-electron chi connectivity index (χ0n) is 13.2. The van der Waals surface area contributed by atoms with E-state index in [1.165, 1.54) is 0 Å². The quantitative estimate of drug-likeness (QED) is 0.865. The van der Waals surface area contributed by atoms with Crippen LogP contribution in [-0.2, 0) is 9.59 Å². The molecule has 0 saturated carbocycles. The minimum Gasteiger partial charge on any atom is -0.497 e. The van der Waals surface area contributed by atoms with Crippen molar-refractivity contribution >= 4 is 34.8 Å². The SMILES string of the molecule is COc1ccc(N2C(=O)C(Cl)=C(Nc3cccc(C)c3)C2=O)cc1. The molecule has 0 aliphatic carbocycles. The lowest BCUT2D eigenvalue weighted by molar-refractivity contribution is -0.120. The van der Waals surface area contributed by atoms with Crippen molar-refractivity contribution in [1.29, 1.82) is 0 Å². The van der Waals surface area contributed by atoms with E-state index < -0.39 is 11.8 Å². The molecule has 2 aromatic rings. The molecule has 0 saturated heterocycles. The Morgan fingerprint density at radius 2 is 1.75 bits per heavy atom. The van der Waals surface area contributed by atoms with Gasteiger partial charge < -0.3 is 10.1 Å². The van der Waals surface area contributed by atoms with Crippen LogP contribution >= 0.6 is 11.6 Å². The number of ether oxygens (including phenoxy) is 1. The Bertz CT molecular complexity index is 844. The molecule has 6 heteroatoms. The van der Waals surface area contributed by atoms with Gasteiger partial charge in [0.2, 0.25) is 0 Å². The van der Waals surface area contributed by atoms with Crippen LogP contribution in [0.1, 0.15) is 5.56 Å². The van der Waals surface area contributed by atoms with Crippen LogP contribution in [0, 0.1) is 6.92 Å². The van der Waals surface area contributed by atoms with E-state index in [4.69, 9.17) is 16.3 Å². The predicted octanol–water partition coefficient (Wildman–Crippen LogP) is 3.44. The van der Waals surface area contributed by atoms with Crippen molar-refractivity contribution in [1.82, 2.24) is 0 Å². The van der Waals surface area contributed by atoms with Crippen LogP contribution in [0.2, 0.25) is 0 Å². The molecule has 0 spiro atoms. The molecule has 1 heterocycles. The van der Waals surface area contributed by atoms with E-state index in [9.17, 15) is 9.59 Å². The van der Waals surface area contributed by atoms with Gasteiger partial charge in [-0.1, -0.05) is 23.7 Å². The van der Waals surface area contributed by atoms with Gasteiger partial charge in [-0.15, -0.1) is 0 Å². The predicted molar refractivity (Wildman–Crippen MR) is 93.2 cm³/mol. The first-order valence-corrected chi connectivity index (χ1v) is 7.65. The Labute approximate surface area is 144 Å². The number of nitrogens with one attached hydrogen (secondary N) is 1. The van der Waals surface area contributed by atoms with E-state index in [0.717, 1.165) is 10.5 Å². The summed E-state index contributed by atoms with van der Waals surface area (Å²) in [5, 5.41) is 2.82. The second-order valence-electron chi connectivity index (χ2n) is 5.33. The third-order valence-electron chi connectivity index (χ3n) is 3.65. The fourth-order valence-electron chi connectivity index (χ4n) is 2.44. The molecule has 0 fully saturated rings. The lowest BCUT2D eigenvalue weighted by atomic mass is 10.2. The molecule has 0 atom stereocenters. The maximum atomic E-state index is 12.6. The number of methoxy groups -OCH3 is 1. The molecule has 5 nitrogen and oxygen atoms in total. The zero-order chi connectivity index (χ0) is 17.3. The van der Waals surface area contributed by atoms with E-state index in [2.05, 4.69) is 5.32 Å². The maximum absolute atomic E-state index is 12.6. The highest BCUT2D eigenvalue weighted by Crippen LogP contribution is 2.31. The van der Waals surface area contributed by atoms with Gasteiger partial charge in [-0.3, -0.25) is 9.59 Å². The molecule has 3 rings (SSSR count). The van der Waals surface area contributed by atoms with Gasteiger partial charge in [-0.25, -0.2) is 4.90 Å². The second kappa shape index (κ2) is 6.37. The Hall–Kier alpha value is -2.79. The molecule has 24 heavy (non-hydrogen) atoms. The van der Waals surface area contributed by atoms with Crippen LogP contribution in [0.25, 0.3) is 0 Å². The number of imide groups is 1. The van der Waals surface area contributed by atoms with Gasteiger partial charge in [0.1, 0.15) is 16.5 Å². The maximum Gasteiger partial charge on any atom is 0.283 e. The van der Waals surface area contributed by atoms with Crippen LogP contribution in [-0.4, -0.2) is 18.9 Å². The molecule has 2 aromatic carbocycles. The van der Waals surface area contributed by atoms with Crippen molar-refractivity contribution in [2.24, 2.45) is 0 Å². The Balaban J connectivity index is 1.89. The highest BCUT2D eigenvalue weighted by Gasteiger charge is 2.38. The van der Waals surface area contributed by atoms with Crippen molar-refractivity contribution in [2.45, 2.75) is 6.92 Å². The van der Waals surface area contributed by atoms with Gasteiger partial charge >= 0.3 is 0 Å². The monoisotopic (exact) mass is 342 g/mol. The summed E-state index contributed by atoms with van der Waals surface area (Å²) in [6.45, 7) is 1.94. The van der Waals surface area contributed by atoms with Crippen molar-refractivity contribution in [3.63, 3.8) is 0 Å². The number of halogens is 1. The molecule has 122 valence electrons. The molecular formula is C18H15ClN2O3. The molecule has 1 aliphatic rings. The van der Waals surface area contributed by atoms with E-state index in [1.807, 2.05) is 25.1 Å². The minimum absolute atomic E-state index is 0.0723. The van der Waals surface area contributed by atoms with Gasteiger partial charge in [0, 0.05) is 5.69 Å². The smallest absolute Gasteiger partial charge is 0.283 e. The first-order valence-electron chi connectivity index (χ1n) is 7.27.